The summed E-state index contributed by atoms with van der Waals surface area (Å²) in [7, 11) is 0. The van der Waals surface area contributed by atoms with Gasteiger partial charge in [0.25, 0.3) is 0 Å². The van der Waals surface area contributed by atoms with Gasteiger partial charge >= 0.3 is 0 Å². The molecule has 2 fully saturated rings. The second-order valence-electron chi connectivity index (χ2n) is 9.64. The fourth-order valence-corrected chi connectivity index (χ4v) is 6.19. The van der Waals surface area contributed by atoms with E-state index in [0.29, 0.717) is 28.6 Å². The molecule has 1 aliphatic carbocycles. The molecule has 38 heavy (non-hydrogen) atoms. The first-order chi connectivity index (χ1) is 18.5. The van der Waals surface area contributed by atoms with Crippen molar-refractivity contribution in [2.75, 3.05) is 18.5 Å². The van der Waals surface area contributed by atoms with E-state index in [1.807, 2.05) is 0 Å². The van der Waals surface area contributed by atoms with Gasteiger partial charge in [-0.05, 0) is 29.8 Å². The molecule has 4 aliphatic heterocycles. The quantitative estimate of drug-likeness (QED) is 0.378. The van der Waals surface area contributed by atoms with E-state index in [9.17, 15) is 19.2 Å². The molecule has 3 aromatic carbocycles. The highest BCUT2D eigenvalue weighted by Gasteiger charge is 2.74. The molecule has 3 unspecified atom stereocenters. The standard InChI is InChI=1S/C28H17NO9/c30-24-15-3-1-2-4-16(15)25(31)28(24)22-21(23(38-28)13-5-7-17-19(9-13)36-11-34-17)26(32)29(27(22)33)14-6-8-18-20(10-14)37-12-35-18/h1-10,21-23H,11-12H2. The number of hydrogen-bond donors (Lipinski definition) is 0. The fraction of sp³-hybridized carbons (Fsp3) is 0.214. The van der Waals surface area contributed by atoms with Crippen LogP contribution in [-0.4, -0.2) is 42.6 Å². The fourth-order valence-electron chi connectivity index (χ4n) is 6.19. The number of carbonyl (C=O) groups excluding carboxylic acids is 4. The van der Waals surface area contributed by atoms with Gasteiger partial charge in [-0.3, -0.25) is 19.2 Å². The minimum Gasteiger partial charge on any atom is -0.454 e. The first kappa shape index (κ1) is 21.4. The van der Waals surface area contributed by atoms with E-state index in [1.54, 1.807) is 42.5 Å². The Morgan fingerprint density at radius 3 is 1.97 bits per heavy atom. The number of ketones is 2. The summed E-state index contributed by atoms with van der Waals surface area (Å²) in [6, 6.07) is 16.1. The lowest BCUT2D eigenvalue weighted by Gasteiger charge is -2.27. The third-order valence-electron chi connectivity index (χ3n) is 7.86. The van der Waals surface area contributed by atoms with Crippen molar-refractivity contribution in [3.05, 3.63) is 77.4 Å². The Morgan fingerprint density at radius 1 is 0.684 bits per heavy atom. The van der Waals surface area contributed by atoms with E-state index in [0.717, 1.165) is 4.90 Å². The lowest BCUT2D eigenvalue weighted by Crippen LogP contribution is -2.51. The molecule has 5 aliphatic rings. The van der Waals surface area contributed by atoms with E-state index < -0.39 is 46.9 Å². The third-order valence-corrected chi connectivity index (χ3v) is 7.86. The molecule has 1 spiro atoms. The number of anilines is 1. The van der Waals surface area contributed by atoms with Crippen LogP contribution in [0.15, 0.2) is 60.7 Å². The third kappa shape index (κ3) is 2.50. The molecule has 10 nitrogen and oxygen atoms in total. The van der Waals surface area contributed by atoms with Crippen molar-refractivity contribution in [1.29, 1.82) is 0 Å². The molecule has 10 heteroatoms. The van der Waals surface area contributed by atoms with Gasteiger partial charge in [0.1, 0.15) is 0 Å². The number of rotatable bonds is 2. The number of carbonyl (C=O) groups is 4. The van der Waals surface area contributed by atoms with Gasteiger partial charge < -0.3 is 23.7 Å². The maximum atomic E-state index is 14.1. The zero-order chi connectivity index (χ0) is 25.8. The molecule has 3 atom stereocenters. The molecule has 0 radical (unpaired) electrons. The second-order valence-corrected chi connectivity index (χ2v) is 9.64. The van der Waals surface area contributed by atoms with Crippen LogP contribution in [0.25, 0.3) is 0 Å². The summed E-state index contributed by atoms with van der Waals surface area (Å²) < 4.78 is 28.0. The lowest BCUT2D eigenvalue weighted by molar-refractivity contribution is -0.127. The number of Topliss-reactive ketones (excluding diaryl/α,β-unsaturated/α-hetero) is 2. The molecule has 3 aromatic rings. The summed E-state index contributed by atoms with van der Waals surface area (Å²) in [5, 5.41) is 0. The summed E-state index contributed by atoms with van der Waals surface area (Å²) >= 11 is 0. The summed E-state index contributed by atoms with van der Waals surface area (Å²) in [5.74, 6) is -3.14. The zero-order valence-electron chi connectivity index (χ0n) is 19.5. The van der Waals surface area contributed by atoms with Gasteiger partial charge in [0.15, 0.2) is 23.0 Å². The highest BCUT2D eigenvalue weighted by Crippen LogP contribution is 2.58. The topological polar surface area (TPSA) is 118 Å². The largest absolute Gasteiger partial charge is 0.454 e. The van der Waals surface area contributed by atoms with Crippen LogP contribution in [0.2, 0.25) is 0 Å². The number of benzene rings is 3. The van der Waals surface area contributed by atoms with Gasteiger partial charge in [0, 0.05) is 17.2 Å². The van der Waals surface area contributed by atoms with Gasteiger partial charge in [-0.15, -0.1) is 0 Å². The molecule has 2 amide bonds. The molecule has 0 N–H and O–H groups in total. The highest BCUT2D eigenvalue weighted by molar-refractivity contribution is 6.37. The van der Waals surface area contributed by atoms with Crippen molar-refractivity contribution in [3.63, 3.8) is 0 Å². The van der Waals surface area contributed by atoms with Crippen LogP contribution in [-0.2, 0) is 14.3 Å². The van der Waals surface area contributed by atoms with Crippen LogP contribution in [0.4, 0.5) is 5.69 Å². The molecular formula is C28H17NO9. The van der Waals surface area contributed by atoms with Crippen molar-refractivity contribution in [3.8, 4) is 23.0 Å². The number of ether oxygens (including phenoxy) is 5. The van der Waals surface area contributed by atoms with Crippen molar-refractivity contribution in [1.82, 2.24) is 0 Å². The monoisotopic (exact) mass is 511 g/mol. The second kappa shape index (κ2) is 7.20. The molecule has 0 bridgehead atoms. The van der Waals surface area contributed by atoms with Crippen LogP contribution in [0.5, 0.6) is 23.0 Å². The summed E-state index contributed by atoms with van der Waals surface area (Å²) in [5.41, 5.74) is -1.07. The number of amides is 2. The minimum absolute atomic E-state index is 0.0241. The molecule has 4 heterocycles. The normalized spacial score (nSPS) is 25.5. The van der Waals surface area contributed by atoms with E-state index in [2.05, 4.69) is 0 Å². The van der Waals surface area contributed by atoms with E-state index in [4.69, 9.17) is 23.7 Å². The SMILES string of the molecule is O=C1C2C(c3ccc4c(c3)OCO4)OC3(C(=O)c4ccccc4C3=O)C2C(=O)N1c1ccc2c(c1)OCO2. The van der Waals surface area contributed by atoms with Crippen molar-refractivity contribution in [2.45, 2.75) is 11.7 Å². The Kier molecular flexibility index (Phi) is 4.05. The van der Waals surface area contributed by atoms with Crippen molar-refractivity contribution < 1.29 is 42.9 Å². The van der Waals surface area contributed by atoms with Gasteiger partial charge in [0.05, 0.1) is 23.6 Å². The van der Waals surface area contributed by atoms with Gasteiger partial charge in [0.2, 0.25) is 42.6 Å². The van der Waals surface area contributed by atoms with Crippen molar-refractivity contribution in [2.24, 2.45) is 11.8 Å². The number of hydrogen-bond acceptors (Lipinski definition) is 9. The first-order valence-electron chi connectivity index (χ1n) is 12.0. The maximum absolute atomic E-state index is 14.1. The van der Waals surface area contributed by atoms with Crippen LogP contribution in [0, 0.1) is 11.8 Å². The molecule has 0 aromatic heterocycles. The van der Waals surface area contributed by atoms with E-state index in [-0.39, 0.29) is 30.4 Å². The van der Waals surface area contributed by atoms with Gasteiger partial charge in [-0.25, -0.2) is 4.90 Å². The van der Waals surface area contributed by atoms with Gasteiger partial charge in [-0.1, -0.05) is 30.3 Å². The number of nitrogens with zero attached hydrogens (tertiary/aromatic N) is 1. The minimum atomic E-state index is -2.16. The zero-order valence-corrected chi connectivity index (χ0v) is 19.5. The Hall–Kier alpha value is -4.70. The Labute approximate surface area is 214 Å². The predicted octanol–water partition coefficient (Wildman–Crippen LogP) is 2.84. The van der Waals surface area contributed by atoms with E-state index in [1.165, 1.54) is 18.2 Å². The Bertz CT molecular complexity index is 1590. The summed E-state index contributed by atoms with van der Waals surface area (Å²) in [4.78, 5) is 56.9. The highest BCUT2D eigenvalue weighted by atomic mass is 16.7. The smallest absolute Gasteiger partial charge is 0.241 e. The number of fused-ring (bicyclic) bond motifs is 5. The average Bonchev–Trinajstić information content (AvgIpc) is 3.73. The average molecular weight is 511 g/mol. The summed E-state index contributed by atoms with van der Waals surface area (Å²) in [6.07, 6.45) is -1.06. The van der Waals surface area contributed by atoms with E-state index >= 15 is 0 Å². The Balaban J connectivity index is 1.30. The Morgan fingerprint density at radius 2 is 1.29 bits per heavy atom. The molecule has 2 saturated heterocycles. The predicted molar refractivity (Wildman–Crippen MR) is 126 cm³/mol. The summed E-state index contributed by atoms with van der Waals surface area (Å²) in [6.45, 7) is 0.0677. The maximum Gasteiger partial charge on any atom is 0.241 e. The molecule has 8 rings (SSSR count). The van der Waals surface area contributed by atoms with Crippen LogP contribution < -0.4 is 23.8 Å². The van der Waals surface area contributed by atoms with Crippen LogP contribution in [0.1, 0.15) is 32.4 Å². The van der Waals surface area contributed by atoms with Crippen LogP contribution in [0.3, 0.4) is 0 Å². The van der Waals surface area contributed by atoms with Crippen LogP contribution >= 0.6 is 0 Å². The molecular weight excluding hydrogens is 494 g/mol. The molecule has 188 valence electrons. The number of imide groups is 1. The first-order valence-corrected chi connectivity index (χ1v) is 12.0. The van der Waals surface area contributed by atoms with Crippen molar-refractivity contribution >= 4 is 29.1 Å². The van der Waals surface area contributed by atoms with Gasteiger partial charge in [-0.2, -0.15) is 0 Å². The molecule has 0 saturated carbocycles. The lowest BCUT2D eigenvalue weighted by atomic mass is 9.77.